The van der Waals surface area contributed by atoms with Gasteiger partial charge in [0.2, 0.25) is 5.91 Å². The van der Waals surface area contributed by atoms with Crippen LogP contribution in [0.4, 0.5) is 0 Å². The molecule has 2 N–H and O–H groups in total. The highest BCUT2D eigenvalue weighted by Gasteiger charge is 2.53. The average Bonchev–Trinajstić information content (AvgIpc) is 2.70. The van der Waals surface area contributed by atoms with Gasteiger partial charge < -0.3 is 20.1 Å². The van der Waals surface area contributed by atoms with E-state index in [4.69, 9.17) is 9.47 Å². The molecule has 0 spiro atoms. The molecule has 1 saturated carbocycles. The van der Waals surface area contributed by atoms with Crippen LogP contribution in [-0.2, 0) is 9.53 Å². The van der Waals surface area contributed by atoms with Gasteiger partial charge in [-0.05, 0) is 66.7 Å². The van der Waals surface area contributed by atoms with Crippen molar-refractivity contribution in [1.82, 2.24) is 10.6 Å². The van der Waals surface area contributed by atoms with Gasteiger partial charge in [-0.2, -0.15) is 0 Å². The number of ether oxygens (including phenoxy) is 2. The molecule has 1 aromatic carbocycles. The third kappa shape index (κ3) is 8.02. The summed E-state index contributed by atoms with van der Waals surface area (Å²) < 4.78 is 11.2. The third-order valence-corrected chi connectivity index (χ3v) is 6.73. The predicted molar refractivity (Wildman–Crippen MR) is 132 cm³/mol. The number of rotatable bonds is 11. The second-order valence-electron chi connectivity index (χ2n) is 11.8. The van der Waals surface area contributed by atoms with Crippen molar-refractivity contribution in [3.05, 3.63) is 29.8 Å². The zero-order valence-electron chi connectivity index (χ0n) is 21.8. The van der Waals surface area contributed by atoms with E-state index in [-0.39, 0.29) is 46.7 Å². The van der Waals surface area contributed by atoms with Crippen molar-refractivity contribution >= 4 is 11.8 Å². The van der Waals surface area contributed by atoms with E-state index in [1.807, 2.05) is 31.2 Å². The van der Waals surface area contributed by atoms with Gasteiger partial charge in [-0.25, -0.2) is 0 Å². The zero-order valence-corrected chi connectivity index (χ0v) is 21.8. The molecule has 2 rings (SSSR count). The van der Waals surface area contributed by atoms with Gasteiger partial charge in [-0.1, -0.05) is 48.5 Å². The fourth-order valence-corrected chi connectivity index (χ4v) is 4.77. The number of nitrogens with one attached hydrogen (secondary N) is 2. The van der Waals surface area contributed by atoms with Crippen LogP contribution in [0.5, 0.6) is 5.75 Å². The van der Waals surface area contributed by atoms with Gasteiger partial charge in [0, 0.05) is 24.3 Å². The number of carbonyl (C=O) groups excluding carboxylic acids is 2. The fraction of sp³-hybridized carbons (Fsp3) is 0.704. The van der Waals surface area contributed by atoms with Gasteiger partial charge in [0.15, 0.2) is 0 Å². The largest absolute Gasteiger partial charge is 0.494 e. The second-order valence-corrected chi connectivity index (χ2v) is 11.8. The molecule has 186 valence electrons. The van der Waals surface area contributed by atoms with Gasteiger partial charge in [0.25, 0.3) is 5.91 Å². The Morgan fingerprint density at radius 3 is 2.15 bits per heavy atom. The number of hydrogen-bond donors (Lipinski definition) is 2. The quantitative estimate of drug-likeness (QED) is 0.457. The Morgan fingerprint density at radius 1 is 1.03 bits per heavy atom. The molecular formula is C27H44N2O4. The lowest BCUT2D eigenvalue weighted by molar-refractivity contribution is -0.127. The lowest BCUT2D eigenvalue weighted by Crippen LogP contribution is -2.63. The van der Waals surface area contributed by atoms with Crippen LogP contribution in [0.1, 0.15) is 85.0 Å². The molecule has 1 aliphatic carbocycles. The van der Waals surface area contributed by atoms with Gasteiger partial charge in [-0.15, -0.1) is 0 Å². The van der Waals surface area contributed by atoms with Crippen LogP contribution in [0.25, 0.3) is 0 Å². The van der Waals surface area contributed by atoms with E-state index >= 15 is 0 Å². The first-order valence-corrected chi connectivity index (χ1v) is 12.1. The normalized spacial score (nSPS) is 18.2. The first-order chi connectivity index (χ1) is 15.2. The summed E-state index contributed by atoms with van der Waals surface area (Å²) in [4.78, 5) is 24.6. The first kappa shape index (κ1) is 27.2. The fourth-order valence-electron chi connectivity index (χ4n) is 4.77. The lowest BCUT2D eigenvalue weighted by atomic mass is 9.52. The highest BCUT2D eigenvalue weighted by molar-refractivity contribution is 5.94. The summed E-state index contributed by atoms with van der Waals surface area (Å²) in [6, 6.07) is 7.56. The molecular weight excluding hydrogens is 416 g/mol. The van der Waals surface area contributed by atoms with E-state index in [1.54, 1.807) is 0 Å². The summed E-state index contributed by atoms with van der Waals surface area (Å²) in [7, 11) is 0. The molecule has 1 unspecified atom stereocenters. The number of amides is 2. The standard InChI is InChI=1S/C27H44N2O4/c1-19(25(2,3)4)28-22(30)17-32-15-9-10-16-33-21-13-11-20(12-14-21)23(31)29-24-26(5,6)18-27(24,7)8/h11-14,19,24H,9-10,15-18H2,1-8H3,(H,28,30)(H,29,31). The van der Waals surface area contributed by atoms with Gasteiger partial charge >= 0.3 is 0 Å². The highest BCUT2D eigenvalue weighted by Crippen LogP contribution is 2.53. The first-order valence-electron chi connectivity index (χ1n) is 12.1. The van der Waals surface area contributed by atoms with Crippen molar-refractivity contribution in [3.63, 3.8) is 0 Å². The molecule has 0 bridgehead atoms. The van der Waals surface area contributed by atoms with Crippen molar-refractivity contribution < 1.29 is 19.1 Å². The SMILES string of the molecule is CC(NC(=O)COCCCCOc1ccc(C(=O)NC2C(C)(C)CC2(C)C)cc1)C(C)(C)C. The molecule has 0 saturated heterocycles. The van der Waals surface area contributed by atoms with Crippen LogP contribution in [0.2, 0.25) is 0 Å². The van der Waals surface area contributed by atoms with E-state index in [1.165, 1.54) is 0 Å². The van der Waals surface area contributed by atoms with Crippen molar-refractivity contribution in [3.8, 4) is 5.75 Å². The molecule has 1 aliphatic rings. The van der Waals surface area contributed by atoms with Crippen molar-refractivity contribution in [2.45, 2.75) is 86.7 Å². The molecule has 1 atom stereocenters. The number of hydrogen-bond acceptors (Lipinski definition) is 4. The van der Waals surface area contributed by atoms with E-state index in [2.05, 4.69) is 59.1 Å². The van der Waals surface area contributed by atoms with Gasteiger partial charge in [0.05, 0.1) is 6.61 Å². The maximum absolute atomic E-state index is 12.7. The molecule has 6 nitrogen and oxygen atoms in total. The molecule has 0 radical (unpaired) electrons. The molecule has 0 aromatic heterocycles. The third-order valence-electron chi connectivity index (χ3n) is 6.73. The van der Waals surface area contributed by atoms with Crippen LogP contribution >= 0.6 is 0 Å². The molecule has 0 heterocycles. The second kappa shape index (κ2) is 10.9. The predicted octanol–water partition coefficient (Wildman–Crippen LogP) is 4.97. The Morgan fingerprint density at radius 2 is 1.61 bits per heavy atom. The van der Waals surface area contributed by atoms with Gasteiger partial charge in [-0.3, -0.25) is 9.59 Å². The van der Waals surface area contributed by atoms with Crippen LogP contribution in [0.15, 0.2) is 24.3 Å². The summed E-state index contributed by atoms with van der Waals surface area (Å²) in [6.45, 7) is 18.3. The summed E-state index contributed by atoms with van der Waals surface area (Å²) in [6.07, 6.45) is 2.75. The van der Waals surface area contributed by atoms with Crippen molar-refractivity contribution in [1.29, 1.82) is 0 Å². The van der Waals surface area contributed by atoms with E-state index < -0.39 is 0 Å². The van der Waals surface area contributed by atoms with Crippen LogP contribution < -0.4 is 15.4 Å². The summed E-state index contributed by atoms with van der Waals surface area (Å²) in [5, 5.41) is 6.17. The highest BCUT2D eigenvalue weighted by atomic mass is 16.5. The monoisotopic (exact) mass is 460 g/mol. The molecule has 0 aliphatic heterocycles. The number of carbonyl (C=O) groups is 2. The van der Waals surface area contributed by atoms with Gasteiger partial charge in [0.1, 0.15) is 12.4 Å². The maximum Gasteiger partial charge on any atom is 0.251 e. The Hall–Kier alpha value is -2.08. The zero-order chi connectivity index (χ0) is 24.9. The minimum Gasteiger partial charge on any atom is -0.494 e. The Kier molecular flexibility index (Phi) is 8.97. The summed E-state index contributed by atoms with van der Waals surface area (Å²) >= 11 is 0. The molecule has 6 heteroatoms. The Balaban J connectivity index is 1.62. The van der Waals surface area contributed by atoms with E-state index in [0.29, 0.717) is 18.8 Å². The molecule has 33 heavy (non-hydrogen) atoms. The summed E-state index contributed by atoms with van der Waals surface area (Å²) in [5.74, 6) is 0.625. The number of unbranched alkanes of at least 4 members (excludes halogenated alkanes) is 1. The molecule has 1 aromatic rings. The minimum atomic E-state index is -0.0813. The molecule has 1 fully saturated rings. The van der Waals surface area contributed by atoms with E-state index in [9.17, 15) is 9.59 Å². The lowest BCUT2D eigenvalue weighted by Gasteiger charge is -2.57. The van der Waals surface area contributed by atoms with Crippen molar-refractivity contribution in [2.75, 3.05) is 19.8 Å². The molecule has 2 amide bonds. The Bertz CT molecular complexity index is 779. The average molecular weight is 461 g/mol. The van der Waals surface area contributed by atoms with E-state index in [0.717, 1.165) is 25.0 Å². The summed E-state index contributed by atoms with van der Waals surface area (Å²) in [5.41, 5.74) is 0.925. The van der Waals surface area contributed by atoms with Crippen LogP contribution in [0.3, 0.4) is 0 Å². The maximum atomic E-state index is 12.7. The smallest absolute Gasteiger partial charge is 0.251 e. The Labute approximate surface area is 200 Å². The topological polar surface area (TPSA) is 76.7 Å². The minimum absolute atomic E-state index is 0.0272. The number of benzene rings is 1. The van der Waals surface area contributed by atoms with Crippen molar-refractivity contribution in [2.24, 2.45) is 16.2 Å². The van der Waals surface area contributed by atoms with Crippen LogP contribution in [-0.4, -0.2) is 43.7 Å². The van der Waals surface area contributed by atoms with Crippen LogP contribution in [0, 0.1) is 16.2 Å².